The highest BCUT2D eigenvalue weighted by Gasteiger charge is 2.41. The van der Waals surface area contributed by atoms with Gasteiger partial charge in [0.05, 0.1) is 11.3 Å². The molecule has 0 fully saturated rings. The predicted octanol–water partition coefficient (Wildman–Crippen LogP) is 0.973. The van der Waals surface area contributed by atoms with E-state index in [9.17, 15) is 14.4 Å². The molecule has 0 radical (unpaired) electrons. The van der Waals surface area contributed by atoms with Gasteiger partial charge in [0.1, 0.15) is 12.3 Å². The number of nitrogens with zero attached hydrogens (tertiary/aromatic N) is 1. The summed E-state index contributed by atoms with van der Waals surface area (Å²) < 4.78 is 5.49. The third-order valence-corrected chi connectivity index (χ3v) is 2.92. The van der Waals surface area contributed by atoms with Crippen LogP contribution in [0.3, 0.4) is 0 Å². The van der Waals surface area contributed by atoms with Crippen LogP contribution in [0, 0.1) is 0 Å². The van der Waals surface area contributed by atoms with Gasteiger partial charge in [0.15, 0.2) is 5.60 Å². The van der Waals surface area contributed by atoms with E-state index in [0.29, 0.717) is 0 Å². The Hall–Kier alpha value is -2.57. The molecule has 0 spiro atoms. The van der Waals surface area contributed by atoms with Crippen molar-refractivity contribution < 1.29 is 29.3 Å². The first-order valence-electron chi connectivity index (χ1n) is 5.82. The topological polar surface area (TPSA) is 104 Å². The maximum Gasteiger partial charge on any atom is 0.335 e. The first-order valence-corrected chi connectivity index (χ1v) is 5.82. The Labute approximate surface area is 114 Å². The molecule has 7 heteroatoms. The molecule has 0 saturated carbocycles. The van der Waals surface area contributed by atoms with Crippen LogP contribution in [0.2, 0.25) is 0 Å². The van der Waals surface area contributed by atoms with E-state index >= 15 is 0 Å². The summed E-state index contributed by atoms with van der Waals surface area (Å²) in [6.07, 6.45) is 0. The minimum atomic E-state index is -1.25. The summed E-state index contributed by atoms with van der Waals surface area (Å²) in [7, 11) is 0. The van der Waals surface area contributed by atoms with Crippen molar-refractivity contribution in [3.05, 3.63) is 23.8 Å². The zero-order valence-corrected chi connectivity index (χ0v) is 10.9. The van der Waals surface area contributed by atoms with Crippen LogP contribution < -0.4 is 9.64 Å². The lowest BCUT2D eigenvalue weighted by atomic mass is 10.0. The number of hydrogen-bond donors (Lipinski definition) is 2. The van der Waals surface area contributed by atoms with E-state index in [2.05, 4.69) is 0 Å². The van der Waals surface area contributed by atoms with Crippen LogP contribution in [0.5, 0.6) is 5.75 Å². The molecule has 0 bridgehead atoms. The molecule has 0 saturated heterocycles. The largest absolute Gasteiger partial charge is 0.480 e. The molecule has 1 amide bonds. The number of carbonyl (C=O) groups is 3. The third kappa shape index (κ3) is 2.29. The highest BCUT2D eigenvalue weighted by atomic mass is 16.5. The lowest BCUT2D eigenvalue weighted by Crippen LogP contribution is -2.53. The standard InChI is InChI=1S/C13H13NO6/c1-13(2)12(19)14(6-10(15)16)8-4-3-7(11(17)18)5-9(8)20-13/h3-5H,6H2,1-2H3,(H,15,16)(H,17,18). The molecule has 0 atom stereocenters. The summed E-state index contributed by atoms with van der Waals surface area (Å²) in [5.74, 6) is -2.61. The fraction of sp³-hybridized carbons (Fsp3) is 0.308. The fourth-order valence-electron chi connectivity index (χ4n) is 2.00. The van der Waals surface area contributed by atoms with Crippen LogP contribution in [0.25, 0.3) is 0 Å². The Bertz CT molecular complexity index is 607. The number of rotatable bonds is 3. The number of benzene rings is 1. The second-order valence-electron chi connectivity index (χ2n) is 4.89. The molecule has 7 nitrogen and oxygen atoms in total. The van der Waals surface area contributed by atoms with Gasteiger partial charge < -0.3 is 14.9 Å². The summed E-state index contributed by atoms with van der Waals surface area (Å²) in [6.45, 7) is 2.49. The molecule has 1 aromatic carbocycles. The van der Waals surface area contributed by atoms with Gasteiger partial charge in [0.25, 0.3) is 5.91 Å². The number of aliphatic carboxylic acids is 1. The Morgan fingerprint density at radius 3 is 2.50 bits per heavy atom. The van der Waals surface area contributed by atoms with Gasteiger partial charge >= 0.3 is 11.9 Å². The second kappa shape index (κ2) is 4.52. The number of carboxylic acid groups (broad SMARTS) is 2. The van der Waals surface area contributed by atoms with Gasteiger partial charge in [-0.1, -0.05) is 0 Å². The van der Waals surface area contributed by atoms with Gasteiger partial charge in [0, 0.05) is 0 Å². The first-order chi connectivity index (χ1) is 9.22. The van der Waals surface area contributed by atoms with Crippen molar-refractivity contribution >= 4 is 23.5 Å². The number of ether oxygens (including phenoxy) is 1. The molecule has 1 aliphatic heterocycles. The molecule has 2 rings (SSSR count). The van der Waals surface area contributed by atoms with Crippen molar-refractivity contribution in [3.63, 3.8) is 0 Å². The van der Waals surface area contributed by atoms with E-state index in [1.54, 1.807) is 0 Å². The lowest BCUT2D eigenvalue weighted by molar-refractivity contribution is -0.139. The van der Waals surface area contributed by atoms with E-state index < -0.39 is 30.0 Å². The molecule has 1 aliphatic rings. The average Bonchev–Trinajstić information content (AvgIpc) is 2.33. The predicted molar refractivity (Wildman–Crippen MR) is 68.1 cm³/mol. The SMILES string of the molecule is CC1(C)Oc2cc(C(=O)O)ccc2N(CC(=O)O)C1=O. The van der Waals surface area contributed by atoms with Crippen molar-refractivity contribution in [2.45, 2.75) is 19.4 Å². The quantitative estimate of drug-likeness (QED) is 0.854. The summed E-state index contributed by atoms with van der Waals surface area (Å²) >= 11 is 0. The molecule has 0 unspecified atom stereocenters. The van der Waals surface area contributed by atoms with Crippen LogP contribution in [-0.2, 0) is 9.59 Å². The van der Waals surface area contributed by atoms with Crippen molar-refractivity contribution in [1.29, 1.82) is 0 Å². The number of amides is 1. The van der Waals surface area contributed by atoms with Gasteiger partial charge in [-0.25, -0.2) is 4.79 Å². The van der Waals surface area contributed by atoms with E-state index in [-0.39, 0.29) is 17.0 Å². The molecular weight excluding hydrogens is 266 g/mol. The molecule has 0 aromatic heterocycles. The van der Waals surface area contributed by atoms with Crippen molar-refractivity contribution in [3.8, 4) is 5.75 Å². The minimum absolute atomic E-state index is 0.00386. The Kier molecular flexibility index (Phi) is 3.13. The third-order valence-electron chi connectivity index (χ3n) is 2.92. The Balaban J connectivity index is 2.54. The van der Waals surface area contributed by atoms with E-state index in [4.69, 9.17) is 14.9 Å². The van der Waals surface area contributed by atoms with Crippen molar-refractivity contribution in [2.75, 3.05) is 11.4 Å². The van der Waals surface area contributed by atoms with Crippen molar-refractivity contribution in [2.24, 2.45) is 0 Å². The number of carboxylic acids is 2. The fourth-order valence-corrected chi connectivity index (χ4v) is 2.00. The molecule has 20 heavy (non-hydrogen) atoms. The molecule has 1 aromatic rings. The minimum Gasteiger partial charge on any atom is -0.480 e. The highest BCUT2D eigenvalue weighted by molar-refractivity contribution is 6.05. The van der Waals surface area contributed by atoms with Gasteiger partial charge in [-0.3, -0.25) is 14.5 Å². The summed E-state index contributed by atoms with van der Waals surface area (Å²) in [5.41, 5.74) is -0.995. The van der Waals surface area contributed by atoms with Crippen LogP contribution in [0.1, 0.15) is 24.2 Å². The van der Waals surface area contributed by atoms with Crippen LogP contribution in [0.15, 0.2) is 18.2 Å². The van der Waals surface area contributed by atoms with Gasteiger partial charge in [0.2, 0.25) is 0 Å². The normalized spacial score (nSPS) is 16.3. The average molecular weight is 279 g/mol. The van der Waals surface area contributed by atoms with E-state index in [1.807, 2.05) is 0 Å². The van der Waals surface area contributed by atoms with Gasteiger partial charge in [-0.2, -0.15) is 0 Å². The number of hydrogen-bond acceptors (Lipinski definition) is 4. The van der Waals surface area contributed by atoms with Crippen LogP contribution >= 0.6 is 0 Å². The highest BCUT2D eigenvalue weighted by Crippen LogP contribution is 2.38. The number of anilines is 1. The summed E-state index contributed by atoms with van der Waals surface area (Å²) in [5, 5.41) is 17.8. The first kappa shape index (κ1) is 13.9. The Morgan fingerprint density at radius 2 is 1.95 bits per heavy atom. The molecular formula is C13H13NO6. The van der Waals surface area contributed by atoms with Crippen molar-refractivity contribution in [1.82, 2.24) is 0 Å². The van der Waals surface area contributed by atoms with Gasteiger partial charge in [-0.15, -0.1) is 0 Å². The molecule has 0 aliphatic carbocycles. The maximum atomic E-state index is 12.2. The monoisotopic (exact) mass is 279 g/mol. The zero-order valence-electron chi connectivity index (χ0n) is 10.9. The zero-order chi connectivity index (χ0) is 15.1. The molecule has 106 valence electrons. The second-order valence-corrected chi connectivity index (χ2v) is 4.89. The Morgan fingerprint density at radius 1 is 1.30 bits per heavy atom. The van der Waals surface area contributed by atoms with E-state index in [1.165, 1.54) is 32.0 Å². The number of aromatic carboxylic acids is 1. The van der Waals surface area contributed by atoms with E-state index in [0.717, 1.165) is 4.90 Å². The lowest BCUT2D eigenvalue weighted by Gasteiger charge is -2.38. The maximum absolute atomic E-state index is 12.2. The smallest absolute Gasteiger partial charge is 0.335 e. The molecule has 1 heterocycles. The number of fused-ring (bicyclic) bond motifs is 1. The van der Waals surface area contributed by atoms with Crippen LogP contribution in [-0.4, -0.2) is 40.2 Å². The van der Waals surface area contributed by atoms with Crippen LogP contribution in [0.4, 0.5) is 5.69 Å². The van der Waals surface area contributed by atoms with Gasteiger partial charge in [-0.05, 0) is 32.0 Å². The number of carbonyl (C=O) groups excluding carboxylic acids is 1. The molecule has 2 N–H and O–H groups in total. The summed E-state index contributed by atoms with van der Waals surface area (Å²) in [4.78, 5) is 35.1. The summed E-state index contributed by atoms with van der Waals surface area (Å²) in [6, 6.07) is 3.94.